The van der Waals surface area contributed by atoms with E-state index in [4.69, 9.17) is 0 Å². The van der Waals surface area contributed by atoms with Crippen LogP contribution < -0.4 is 0 Å². The fraction of sp³-hybridized carbons (Fsp3) is 0.900. The number of aliphatic hydroxyl groups is 1. The molecule has 0 fully saturated rings. The summed E-state index contributed by atoms with van der Waals surface area (Å²) in [5, 5.41) is 9.72. The fourth-order valence-electron chi connectivity index (χ4n) is 1.38. The number of hydrogen-bond acceptors (Lipinski definition) is 2. The van der Waals surface area contributed by atoms with E-state index >= 15 is 0 Å². The molecule has 0 saturated carbocycles. The minimum Gasteiger partial charge on any atom is -0.390 e. The maximum Gasteiger partial charge on any atom is 0.129 e. The number of hydrogen-bond donors (Lipinski definition) is 1. The molecule has 2 heteroatoms. The van der Waals surface area contributed by atoms with Crippen molar-refractivity contribution in [3.8, 4) is 0 Å². The van der Waals surface area contributed by atoms with Crippen LogP contribution in [0.1, 0.15) is 52.9 Å². The highest BCUT2D eigenvalue weighted by Crippen LogP contribution is 2.19. The minimum atomic E-state index is -0.565. The summed E-state index contributed by atoms with van der Waals surface area (Å²) in [7, 11) is 0. The van der Waals surface area contributed by atoms with E-state index in [1.54, 1.807) is 6.92 Å². The summed E-state index contributed by atoms with van der Waals surface area (Å²) in [5.74, 6) is 0.210. The van der Waals surface area contributed by atoms with Gasteiger partial charge in [0.2, 0.25) is 0 Å². The summed E-state index contributed by atoms with van der Waals surface area (Å²) >= 11 is 0. The van der Waals surface area contributed by atoms with E-state index in [-0.39, 0.29) is 5.78 Å². The molecule has 0 aromatic carbocycles. The monoisotopic (exact) mass is 172 g/mol. The van der Waals surface area contributed by atoms with Crippen LogP contribution in [0.25, 0.3) is 0 Å². The maximum absolute atomic E-state index is 10.6. The van der Waals surface area contributed by atoms with Gasteiger partial charge in [-0.05, 0) is 33.1 Å². The van der Waals surface area contributed by atoms with E-state index in [0.717, 1.165) is 25.7 Å². The van der Waals surface area contributed by atoms with Crippen LogP contribution in [-0.4, -0.2) is 16.5 Å². The molecule has 0 radical (unpaired) electrons. The Morgan fingerprint density at radius 1 is 1.42 bits per heavy atom. The molecule has 0 aliphatic rings. The lowest BCUT2D eigenvalue weighted by Gasteiger charge is -2.21. The molecule has 0 amide bonds. The summed E-state index contributed by atoms with van der Waals surface area (Å²) in [6.07, 6.45) is 3.96. The number of Topliss-reactive ketones (excluding diaryl/α,β-unsaturated/α-hetero) is 1. The Labute approximate surface area is 75.0 Å². The van der Waals surface area contributed by atoms with Gasteiger partial charge >= 0.3 is 0 Å². The first-order valence-electron chi connectivity index (χ1n) is 4.70. The summed E-state index contributed by atoms with van der Waals surface area (Å²) in [6, 6.07) is 0. The van der Waals surface area contributed by atoms with Gasteiger partial charge < -0.3 is 9.90 Å². The van der Waals surface area contributed by atoms with Crippen LogP contribution >= 0.6 is 0 Å². The van der Waals surface area contributed by atoms with E-state index in [1.807, 2.05) is 6.92 Å². The Kier molecular flexibility index (Phi) is 5.14. The third-order valence-electron chi connectivity index (χ3n) is 2.03. The molecule has 0 aromatic rings. The molecule has 0 spiro atoms. The molecule has 0 rings (SSSR count). The van der Waals surface area contributed by atoms with Crippen LogP contribution in [0.15, 0.2) is 0 Å². The van der Waals surface area contributed by atoms with Crippen molar-refractivity contribution >= 4 is 5.78 Å². The van der Waals surface area contributed by atoms with Gasteiger partial charge in [0.25, 0.3) is 0 Å². The largest absolute Gasteiger partial charge is 0.390 e. The second-order valence-electron chi connectivity index (χ2n) is 3.80. The summed E-state index contributed by atoms with van der Waals surface area (Å²) < 4.78 is 0. The molecule has 1 atom stereocenters. The van der Waals surface area contributed by atoms with Gasteiger partial charge in [-0.1, -0.05) is 13.3 Å². The Balaban J connectivity index is 3.53. The third-order valence-corrected chi connectivity index (χ3v) is 2.03. The molecule has 0 aromatic heterocycles. The summed E-state index contributed by atoms with van der Waals surface area (Å²) in [6.45, 7) is 5.49. The first kappa shape index (κ1) is 11.6. The van der Waals surface area contributed by atoms with E-state index in [0.29, 0.717) is 6.42 Å². The van der Waals surface area contributed by atoms with Crippen molar-refractivity contribution in [2.24, 2.45) is 0 Å². The predicted octanol–water partition coefficient (Wildman–Crippen LogP) is 2.30. The van der Waals surface area contributed by atoms with Crippen LogP contribution in [0.3, 0.4) is 0 Å². The number of carbonyl (C=O) groups excluding carboxylic acids is 1. The van der Waals surface area contributed by atoms with Crippen molar-refractivity contribution in [1.82, 2.24) is 0 Å². The second kappa shape index (κ2) is 5.31. The van der Waals surface area contributed by atoms with Crippen LogP contribution in [0.4, 0.5) is 0 Å². The summed E-state index contributed by atoms with van der Waals surface area (Å²) in [4.78, 5) is 10.6. The van der Waals surface area contributed by atoms with Gasteiger partial charge in [0.1, 0.15) is 5.78 Å². The topological polar surface area (TPSA) is 37.3 Å². The Bertz CT molecular complexity index is 139. The van der Waals surface area contributed by atoms with Gasteiger partial charge in [0.15, 0.2) is 0 Å². The van der Waals surface area contributed by atoms with Gasteiger partial charge in [0, 0.05) is 6.42 Å². The molecule has 0 aliphatic carbocycles. The van der Waals surface area contributed by atoms with Gasteiger partial charge in [-0.15, -0.1) is 0 Å². The van der Waals surface area contributed by atoms with Crippen molar-refractivity contribution in [2.45, 2.75) is 58.5 Å². The van der Waals surface area contributed by atoms with Crippen molar-refractivity contribution in [2.75, 3.05) is 0 Å². The molecule has 12 heavy (non-hydrogen) atoms. The molecular weight excluding hydrogens is 152 g/mol. The Morgan fingerprint density at radius 3 is 2.42 bits per heavy atom. The van der Waals surface area contributed by atoms with E-state index in [2.05, 4.69) is 6.92 Å². The lowest BCUT2D eigenvalue weighted by molar-refractivity contribution is -0.117. The van der Waals surface area contributed by atoms with Gasteiger partial charge in [-0.3, -0.25) is 0 Å². The number of carbonyl (C=O) groups is 1. The second-order valence-corrected chi connectivity index (χ2v) is 3.80. The van der Waals surface area contributed by atoms with Gasteiger partial charge in [0.05, 0.1) is 5.60 Å². The molecule has 0 aliphatic heterocycles. The number of rotatable bonds is 6. The first-order valence-corrected chi connectivity index (χ1v) is 4.70. The molecular formula is C10H20O2. The van der Waals surface area contributed by atoms with E-state index in [1.165, 1.54) is 0 Å². The van der Waals surface area contributed by atoms with Gasteiger partial charge in [-0.25, -0.2) is 0 Å². The number of ketones is 1. The standard InChI is InChI=1S/C10H20O2/c1-4-7-10(3,12)8-5-6-9(2)11/h12H,4-8H2,1-3H3. The zero-order valence-corrected chi connectivity index (χ0v) is 8.39. The van der Waals surface area contributed by atoms with Crippen LogP contribution in [0.5, 0.6) is 0 Å². The molecule has 0 bridgehead atoms. The van der Waals surface area contributed by atoms with Crippen LogP contribution in [0.2, 0.25) is 0 Å². The minimum absolute atomic E-state index is 0.210. The van der Waals surface area contributed by atoms with E-state index in [9.17, 15) is 9.90 Å². The Morgan fingerprint density at radius 2 is 2.00 bits per heavy atom. The zero-order chi connectivity index (χ0) is 9.61. The van der Waals surface area contributed by atoms with Crippen LogP contribution in [-0.2, 0) is 4.79 Å². The highest BCUT2D eigenvalue weighted by molar-refractivity contribution is 5.75. The van der Waals surface area contributed by atoms with Gasteiger partial charge in [-0.2, -0.15) is 0 Å². The molecule has 1 N–H and O–H groups in total. The smallest absolute Gasteiger partial charge is 0.129 e. The maximum atomic E-state index is 10.6. The highest BCUT2D eigenvalue weighted by atomic mass is 16.3. The average molecular weight is 172 g/mol. The van der Waals surface area contributed by atoms with Crippen molar-refractivity contribution in [3.63, 3.8) is 0 Å². The third kappa shape index (κ3) is 6.35. The lowest BCUT2D eigenvalue weighted by Crippen LogP contribution is -2.23. The average Bonchev–Trinajstić information content (AvgIpc) is 1.85. The van der Waals surface area contributed by atoms with E-state index < -0.39 is 5.60 Å². The summed E-state index contributed by atoms with van der Waals surface area (Å²) in [5.41, 5.74) is -0.565. The quantitative estimate of drug-likeness (QED) is 0.667. The molecule has 1 unspecified atom stereocenters. The van der Waals surface area contributed by atoms with Crippen molar-refractivity contribution in [3.05, 3.63) is 0 Å². The molecule has 0 saturated heterocycles. The SMILES string of the molecule is CCCC(C)(O)CCCC(C)=O. The van der Waals surface area contributed by atoms with Crippen LogP contribution in [0, 0.1) is 0 Å². The molecule has 0 heterocycles. The molecule has 2 nitrogen and oxygen atoms in total. The Hall–Kier alpha value is -0.370. The molecule has 72 valence electrons. The van der Waals surface area contributed by atoms with Crippen molar-refractivity contribution in [1.29, 1.82) is 0 Å². The normalized spacial score (nSPS) is 15.7. The highest BCUT2D eigenvalue weighted by Gasteiger charge is 2.18. The predicted molar refractivity (Wildman–Crippen MR) is 50.1 cm³/mol. The lowest BCUT2D eigenvalue weighted by atomic mass is 9.93. The first-order chi connectivity index (χ1) is 5.48. The fourth-order valence-corrected chi connectivity index (χ4v) is 1.38. The zero-order valence-electron chi connectivity index (χ0n) is 8.39. The van der Waals surface area contributed by atoms with Crippen molar-refractivity contribution < 1.29 is 9.90 Å².